The summed E-state index contributed by atoms with van der Waals surface area (Å²) in [6.45, 7) is 0. The van der Waals surface area contributed by atoms with Gasteiger partial charge in [-0.1, -0.05) is 23.2 Å². The van der Waals surface area contributed by atoms with Gasteiger partial charge >= 0.3 is 11.9 Å². The monoisotopic (exact) mass is 431 g/mol. The first-order valence-corrected chi connectivity index (χ1v) is 6.96. The lowest BCUT2D eigenvalue weighted by Gasteiger charge is -2.13. The van der Waals surface area contributed by atoms with Crippen LogP contribution in [0.4, 0.5) is 0 Å². The van der Waals surface area contributed by atoms with Gasteiger partial charge in [0.25, 0.3) is 5.91 Å². The number of nitrogens with one attached hydrogen (secondary N) is 1. The Hall–Kier alpha value is -1.06. The van der Waals surface area contributed by atoms with Crippen molar-refractivity contribution in [3.8, 4) is 0 Å². The maximum absolute atomic E-state index is 12.0. The normalized spacial score (nSPS) is 11.8. The van der Waals surface area contributed by atoms with Gasteiger partial charge in [-0.3, -0.25) is 9.59 Å². The second-order valence-electron chi connectivity index (χ2n) is 3.71. The quantitative estimate of drug-likeness (QED) is 0.490. The number of carboxylic acids is 2. The van der Waals surface area contributed by atoms with E-state index < -0.39 is 30.3 Å². The van der Waals surface area contributed by atoms with Crippen molar-refractivity contribution in [2.75, 3.05) is 0 Å². The van der Waals surface area contributed by atoms with Gasteiger partial charge in [-0.05, 0) is 34.7 Å². The maximum atomic E-state index is 12.0. The fourth-order valence-electron chi connectivity index (χ4n) is 1.33. The molecule has 0 aliphatic heterocycles. The van der Waals surface area contributed by atoms with Crippen LogP contribution in [0.2, 0.25) is 10.0 Å². The molecule has 1 amide bonds. The molecule has 0 radical (unpaired) electrons. The molecule has 3 N–H and O–H groups in total. The van der Waals surface area contributed by atoms with Crippen molar-refractivity contribution in [3.05, 3.63) is 31.3 Å². The first-order chi connectivity index (χ1) is 9.22. The molecular weight excluding hydrogens is 424 g/mol. The van der Waals surface area contributed by atoms with E-state index in [-0.39, 0.29) is 15.6 Å². The van der Waals surface area contributed by atoms with E-state index in [0.717, 1.165) is 0 Å². The van der Waals surface area contributed by atoms with Gasteiger partial charge in [0.05, 0.1) is 17.0 Å². The minimum Gasteiger partial charge on any atom is -0.481 e. The second kappa shape index (κ2) is 7.09. The van der Waals surface area contributed by atoms with E-state index in [9.17, 15) is 14.4 Å². The number of carbonyl (C=O) groups excluding carboxylic acids is 1. The third kappa shape index (κ3) is 4.50. The number of hydrogen-bond acceptors (Lipinski definition) is 3. The zero-order valence-electron chi connectivity index (χ0n) is 9.69. The van der Waals surface area contributed by atoms with Gasteiger partial charge in [0.15, 0.2) is 0 Å². The number of aliphatic carboxylic acids is 2. The number of carboxylic acid groups (broad SMARTS) is 2. The first-order valence-electron chi connectivity index (χ1n) is 5.12. The van der Waals surface area contributed by atoms with Crippen molar-refractivity contribution < 1.29 is 24.6 Å². The summed E-state index contributed by atoms with van der Waals surface area (Å²) in [5.41, 5.74) is 0.0831. The zero-order valence-corrected chi connectivity index (χ0v) is 13.4. The Balaban J connectivity index is 3.00. The predicted molar refractivity (Wildman–Crippen MR) is 80.3 cm³/mol. The molecule has 9 heteroatoms. The molecule has 0 spiro atoms. The van der Waals surface area contributed by atoms with Crippen LogP contribution in [0.3, 0.4) is 0 Å². The highest BCUT2D eigenvalue weighted by Crippen LogP contribution is 2.26. The molecule has 0 aliphatic rings. The molecule has 0 heterocycles. The van der Waals surface area contributed by atoms with Crippen molar-refractivity contribution in [2.24, 2.45) is 0 Å². The Kier molecular flexibility index (Phi) is 6.03. The van der Waals surface area contributed by atoms with E-state index >= 15 is 0 Å². The van der Waals surface area contributed by atoms with Crippen molar-refractivity contribution in [1.82, 2.24) is 5.32 Å². The third-order valence-electron chi connectivity index (χ3n) is 2.22. The van der Waals surface area contributed by atoms with E-state index in [1.807, 2.05) is 22.6 Å². The van der Waals surface area contributed by atoms with Gasteiger partial charge in [0.2, 0.25) is 0 Å². The maximum Gasteiger partial charge on any atom is 0.326 e. The van der Waals surface area contributed by atoms with E-state index in [0.29, 0.717) is 3.57 Å². The van der Waals surface area contributed by atoms with Gasteiger partial charge in [-0.15, -0.1) is 0 Å². The van der Waals surface area contributed by atoms with Crippen LogP contribution in [0.1, 0.15) is 16.8 Å². The smallest absolute Gasteiger partial charge is 0.326 e. The molecule has 6 nitrogen and oxygen atoms in total. The molecule has 20 heavy (non-hydrogen) atoms. The van der Waals surface area contributed by atoms with E-state index in [4.69, 9.17) is 33.4 Å². The van der Waals surface area contributed by atoms with Crippen molar-refractivity contribution in [2.45, 2.75) is 12.5 Å². The third-order valence-corrected chi connectivity index (χ3v) is 4.22. The number of halogens is 3. The number of rotatable bonds is 5. The molecule has 1 rings (SSSR count). The van der Waals surface area contributed by atoms with Crippen molar-refractivity contribution in [3.63, 3.8) is 0 Å². The Labute approximate surface area is 137 Å². The molecule has 0 saturated carbocycles. The summed E-state index contributed by atoms with van der Waals surface area (Å²) in [5, 5.41) is 20.0. The summed E-state index contributed by atoms with van der Waals surface area (Å²) >= 11 is 13.4. The fraction of sp³-hybridized carbons (Fsp3) is 0.182. The number of benzene rings is 1. The highest BCUT2D eigenvalue weighted by molar-refractivity contribution is 14.1. The zero-order chi connectivity index (χ0) is 15.4. The van der Waals surface area contributed by atoms with E-state index in [1.54, 1.807) is 0 Å². The summed E-state index contributed by atoms with van der Waals surface area (Å²) in [6, 6.07) is 1.23. The van der Waals surface area contributed by atoms with E-state index in [2.05, 4.69) is 5.32 Å². The van der Waals surface area contributed by atoms with E-state index in [1.165, 1.54) is 12.1 Å². The molecule has 0 bridgehead atoms. The Morgan fingerprint density at radius 1 is 1.25 bits per heavy atom. The molecule has 1 atom stereocenters. The summed E-state index contributed by atoms with van der Waals surface area (Å²) in [7, 11) is 0. The topological polar surface area (TPSA) is 104 Å². The summed E-state index contributed by atoms with van der Waals surface area (Å²) in [6.07, 6.45) is -0.730. The SMILES string of the molecule is O=C(O)CC(NC(=O)c1cc(Cl)cc(Cl)c1I)C(=O)O. The van der Waals surface area contributed by atoms with Crippen LogP contribution in [0.15, 0.2) is 12.1 Å². The molecule has 0 saturated heterocycles. The number of carbonyl (C=O) groups is 3. The molecule has 1 unspecified atom stereocenters. The highest BCUT2D eigenvalue weighted by Gasteiger charge is 2.25. The summed E-state index contributed by atoms with van der Waals surface area (Å²) in [4.78, 5) is 33.4. The van der Waals surface area contributed by atoms with Gasteiger partial charge in [-0.25, -0.2) is 4.79 Å². The molecule has 0 aromatic heterocycles. The standard InChI is InChI=1S/C11H8Cl2INO5/c12-4-1-5(9(14)6(13)2-4)10(18)15-7(11(19)20)3-8(16)17/h1-2,7H,3H2,(H,15,18)(H,16,17)(H,19,20). The van der Waals surface area contributed by atoms with Crippen LogP contribution >= 0.6 is 45.8 Å². The van der Waals surface area contributed by atoms with Crippen LogP contribution in [0.25, 0.3) is 0 Å². The Morgan fingerprint density at radius 2 is 1.85 bits per heavy atom. The Morgan fingerprint density at radius 3 is 2.35 bits per heavy atom. The van der Waals surface area contributed by atoms with Gasteiger partial charge in [-0.2, -0.15) is 0 Å². The van der Waals surface area contributed by atoms with Crippen LogP contribution in [-0.2, 0) is 9.59 Å². The first kappa shape index (κ1) is 17.0. The lowest BCUT2D eigenvalue weighted by atomic mass is 10.1. The van der Waals surface area contributed by atoms with Gasteiger partial charge < -0.3 is 15.5 Å². The second-order valence-corrected chi connectivity index (χ2v) is 5.63. The largest absolute Gasteiger partial charge is 0.481 e. The lowest BCUT2D eigenvalue weighted by Crippen LogP contribution is -2.42. The van der Waals surface area contributed by atoms with Crippen LogP contribution < -0.4 is 5.32 Å². The Bertz CT molecular complexity index is 578. The minimum absolute atomic E-state index is 0.0831. The number of hydrogen-bond donors (Lipinski definition) is 3. The molecule has 0 fully saturated rings. The molecular formula is C11H8Cl2INO5. The summed E-state index contributed by atoms with van der Waals surface area (Å²) in [5.74, 6) is -3.53. The molecule has 1 aromatic carbocycles. The van der Waals surface area contributed by atoms with Crippen LogP contribution in [-0.4, -0.2) is 34.1 Å². The number of amides is 1. The minimum atomic E-state index is -1.53. The molecule has 0 aliphatic carbocycles. The van der Waals surface area contributed by atoms with Gasteiger partial charge in [0.1, 0.15) is 6.04 Å². The summed E-state index contributed by atoms with van der Waals surface area (Å²) < 4.78 is 0.394. The predicted octanol–water partition coefficient (Wildman–Crippen LogP) is 2.26. The van der Waals surface area contributed by atoms with Gasteiger partial charge in [0, 0.05) is 8.59 Å². The molecule has 108 valence electrons. The molecule has 1 aromatic rings. The highest BCUT2D eigenvalue weighted by atomic mass is 127. The van der Waals surface area contributed by atoms with Crippen molar-refractivity contribution >= 4 is 63.6 Å². The van der Waals surface area contributed by atoms with Crippen LogP contribution in [0, 0.1) is 3.57 Å². The lowest BCUT2D eigenvalue weighted by molar-refractivity contribution is -0.145. The average Bonchev–Trinajstić information content (AvgIpc) is 2.32. The fourth-order valence-corrected chi connectivity index (χ4v) is 2.38. The average molecular weight is 432 g/mol. The van der Waals surface area contributed by atoms with Crippen molar-refractivity contribution in [1.29, 1.82) is 0 Å². The van der Waals surface area contributed by atoms with Crippen LogP contribution in [0.5, 0.6) is 0 Å².